The molecule has 0 atom stereocenters. The average Bonchev–Trinajstić information content (AvgIpc) is 2.57. The van der Waals surface area contributed by atoms with Gasteiger partial charge in [0.1, 0.15) is 12.4 Å². The number of methoxy groups -OCH3 is 1. The summed E-state index contributed by atoms with van der Waals surface area (Å²) < 4.78 is 11.1. The summed E-state index contributed by atoms with van der Waals surface area (Å²) in [6, 6.07) is 7.92. The summed E-state index contributed by atoms with van der Waals surface area (Å²) >= 11 is 0. The monoisotopic (exact) mass is 320 g/mol. The lowest BCUT2D eigenvalue weighted by Crippen LogP contribution is -2.51. The van der Waals surface area contributed by atoms with Crippen molar-refractivity contribution in [2.75, 3.05) is 47.0 Å². The first-order valence-electron chi connectivity index (χ1n) is 8.23. The van der Waals surface area contributed by atoms with Crippen LogP contribution in [0.1, 0.15) is 18.4 Å². The molecule has 0 aliphatic carbocycles. The van der Waals surface area contributed by atoms with Crippen molar-refractivity contribution in [3.8, 4) is 5.75 Å². The number of ether oxygens (including phenoxy) is 2. The molecule has 0 spiro atoms. The number of amides is 1. The van der Waals surface area contributed by atoms with Crippen molar-refractivity contribution in [3.63, 3.8) is 0 Å². The summed E-state index contributed by atoms with van der Waals surface area (Å²) in [6.07, 6.45) is 1.64. The molecule has 1 amide bonds. The van der Waals surface area contributed by atoms with Crippen molar-refractivity contribution in [3.05, 3.63) is 29.8 Å². The fourth-order valence-corrected chi connectivity index (χ4v) is 3.12. The van der Waals surface area contributed by atoms with E-state index in [9.17, 15) is 4.79 Å². The molecule has 1 aliphatic heterocycles. The fraction of sp³-hybridized carbons (Fsp3) is 0.611. The number of aryl methyl sites for hydroxylation is 1. The standard InChI is InChI=1S/C18H28N2O3/c1-15-6-4-5-7-16(15)23-13-12-20(2)17(21)18(14-22-3)8-10-19-11-9-18/h4-7,19H,8-14H2,1-3H3. The molecule has 0 bridgehead atoms. The first kappa shape index (κ1) is 17.8. The minimum absolute atomic E-state index is 0.161. The third-order valence-corrected chi connectivity index (χ3v) is 4.56. The van der Waals surface area contributed by atoms with Crippen LogP contribution in [0.2, 0.25) is 0 Å². The Balaban J connectivity index is 1.89. The second-order valence-electron chi connectivity index (χ2n) is 6.30. The molecule has 2 rings (SSSR count). The van der Waals surface area contributed by atoms with Gasteiger partial charge in [-0.15, -0.1) is 0 Å². The number of nitrogens with one attached hydrogen (secondary N) is 1. The van der Waals surface area contributed by atoms with Gasteiger partial charge in [-0.2, -0.15) is 0 Å². The number of rotatable bonds is 7. The van der Waals surface area contributed by atoms with Gasteiger partial charge < -0.3 is 19.7 Å². The van der Waals surface area contributed by atoms with E-state index in [1.165, 1.54) is 0 Å². The molecular formula is C18H28N2O3. The first-order valence-corrected chi connectivity index (χ1v) is 8.23. The summed E-state index contributed by atoms with van der Waals surface area (Å²) in [5.41, 5.74) is 0.716. The van der Waals surface area contributed by atoms with Gasteiger partial charge in [-0.1, -0.05) is 18.2 Å². The summed E-state index contributed by atoms with van der Waals surface area (Å²) in [4.78, 5) is 14.7. The van der Waals surface area contributed by atoms with Crippen molar-refractivity contribution in [1.82, 2.24) is 10.2 Å². The van der Waals surface area contributed by atoms with Crippen LogP contribution < -0.4 is 10.1 Å². The second-order valence-corrected chi connectivity index (χ2v) is 6.30. The summed E-state index contributed by atoms with van der Waals surface area (Å²) in [7, 11) is 3.52. The van der Waals surface area contributed by atoms with E-state index >= 15 is 0 Å². The topological polar surface area (TPSA) is 50.8 Å². The summed E-state index contributed by atoms with van der Waals surface area (Å²) in [5, 5.41) is 3.31. The van der Waals surface area contributed by atoms with E-state index in [0.717, 1.165) is 37.2 Å². The number of carbonyl (C=O) groups excluding carboxylic acids is 1. The Morgan fingerprint density at radius 3 is 2.65 bits per heavy atom. The lowest BCUT2D eigenvalue weighted by molar-refractivity contribution is -0.146. The van der Waals surface area contributed by atoms with Crippen molar-refractivity contribution in [2.45, 2.75) is 19.8 Å². The molecule has 1 heterocycles. The summed E-state index contributed by atoms with van der Waals surface area (Å²) in [5.74, 6) is 1.04. The van der Waals surface area contributed by atoms with E-state index in [2.05, 4.69) is 5.32 Å². The minimum atomic E-state index is -0.391. The van der Waals surface area contributed by atoms with Crippen LogP contribution in [0.15, 0.2) is 24.3 Å². The quantitative estimate of drug-likeness (QED) is 0.833. The zero-order chi connectivity index (χ0) is 16.7. The second kappa shape index (κ2) is 8.31. The number of hydrogen-bond acceptors (Lipinski definition) is 4. The highest BCUT2D eigenvalue weighted by Crippen LogP contribution is 2.31. The van der Waals surface area contributed by atoms with E-state index < -0.39 is 5.41 Å². The Morgan fingerprint density at radius 2 is 2.00 bits per heavy atom. The third kappa shape index (κ3) is 4.45. The van der Waals surface area contributed by atoms with E-state index in [1.807, 2.05) is 38.2 Å². The number of likely N-dealkylation sites (N-methyl/N-ethyl adjacent to an activating group) is 1. The van der Waals surface area contributed by atoms with E-state index in [1.54, 1.807) is 12.0 Å². The third-order valence-electron chi connectivity index (χ3n) is 4.56. The first-order chi connectivity index (χ1) is 11.1. The average molecular weight is 320 g/mol. The minimum Gasteiger partial charge on any atom is -0.491 e. The number of hydrogen-bond donors (Lipinski definition) is 1. The van der Waals surface area contributed by atoms with Gasteiger partial charge in [0.05, 0.1) is 18.6 Å². The largest absolute Gasteiger partial charge is 0.491 e. The van der Waals surface area contributed by atoms with Gasteiger partial charge in [0.2, 0.25) is 5.91 Å². The van der Waals surface area contributed by atoms with Crippen molar-refractivity contribution in [2.24, 2.45) is 5.41 Å². The normalized spacial score (nSPS) is 16.8. The Kier molecular flexibility index (Phi) is 6.42. The van der Waals surface area contributed by atoms with Crippen LogP contribution in [0.5, 0.6) is 5.75 Å². The van der Waals surface area contributed by atoms with E-state index in [4.69, 9.17) is 9.47 Å². The number of benzene rings is 1. The maximum atomic E-state index is 12.9. The van der Waals surface area contributed by atoms with Crippen LogP contribution in [-0.2, 0) is 9.53 Å². The van der Waals surface area contributed by atoms with Crippen molar-refractivity contribution >= 4 is 5.91 Å². The van der Waals surface area contributed by atoms with Crippen LogP contribution in [0.3, 0.4) is 0 Å². The van der Waals surface area contributed by atoms with Crippen molar-refractivity contribution in [1.29, 1.82) is 0 Å². The van der Waals surface area contributed by atoms with Gasteiger partial charge in [-0.25, -0.2) is 0 Å². The highest BCUT2D eigenvalue weighted by atomic mass is 16.5. The molecule has 1 aromatic rings. The van der Waals surface area contributed by atoms with E-state index in [-0.39, 0.29) is 5.91 Å². The van der Waals surface area contributed by atoms with Gasteiger partial charge >= 0.3 is 0 Å². The van der Waals surface area contributed by atoms with Crippen molar-refractivity contribution < 1.29 is 14.3 Å². The van der Waals surface area contributed by atoms with Crippen LogP contribution in [0.4, 0.5) is 0 Å². The molecular weight excluding hydrogens is 292 g/mol. The molecule has 5 nitrogen and oxygen atoms in total. The van der Waals surface area contributed by atoms with E-state index in [0.29, 0.717) is 19.8 Å². The molecule has 0 unspecified atom stereocenters. The van der Waals surface area contributed by atoms with Gasteiger partial charge in [-0.05, 0) is 44.5 Å². The number of para-hydroxylation sites is 1. The SMILES string of the molecule is COCC1(C(=O)N(C)CCOc2ccccc2C)CCNCC1. The molecule has 1 aromatic carbocycles. The molecule has 1 saturated heterocycles. The predicted molar refractivity (Wildman–Crippen MR) is 90.7 cm³/mol. The lowest BCUT2D eigenvalue weighted by atomic mass is 9.78. The molecule has 1 fully saturated rings. The maximum absolute atomic E-state index is 12.9. The molecule has 0 aromatic heterocycles. The Hall–Kier alpha value is -1.59. The number of piperidine rings is 1. The smallest absolute Gasteiger partial charge is 0.231 e. The highest BCUT2D eigenvalue weighted by Gasteiger charge is 2.41. The molecule has 1 N–H and O–H groups in total. The maximum Gasteiger partial charge on any atom is 0.231 e. The van der Waals surface area contributed by atoms with Gasteiger partial charge in [0, 0.05) is 14.2 Å². The van der Waals surface area contributed by atoms with Gasteiger partial charge in [-0.3, -0.25) is 4.79 Å². The Morgan fingerprint density at radius 1 is 1.30 bits per heavy atom. The molecule has 0 saturated carbocycles. The Bertz CT molecular complexity index is 507. The molecule has 128 valence electrons. The zero-order valence-corrected chi connectivity index (χ0v) is 14.4. The predicted octanol–water partition coefficient (Wildman–Crippen LogP) is 1.85. The zero-order valence-electron chi connectivity index (χ0n) is 14.4. The van der Waals surface area contributed by atoms with Crippen LogP contribution >= 0.6 is 0 Å². The number of nitrogens with zero attached hydrogens (tertiary/aromatic N) is 1. The van der Waals surface area contributed by atoms with Crippen LogP contribution in [0.25, 0.3) is 0 Å². The summed E-state index contributed by atoms with van der Waals surface area (Å²) in [6.45, 7) is 5.30. The molecule has 0 radical (unpaired) electrons. The lowest BCUT2D eigenvalue weighted by Gasteiger charge is -2.38. The fourth-order valence-electron chi connectivity index (χ4n) is 3.12. The van der Waals surface area contributed by atoms with Crippen LogP contribution in [-0.4, -0.2) is 57.8 Å². The molecule has 1 aliphatic rings. The molecule has 5 heteroatoms. The van der Waals surface area contributed by atoms with Crippen LogP contribution in [0, 0.1) is 12.3 Å². The number of carbonyl (C=O) groups is 1. The Labute approximate surface area is 139 Å². The van der Waals surface area contributed by atoms with Gasteiger partial charge in [0.15, 0.2) is 0 Å². The van der Waals surface area contributed by atoms with Gasteiger partial charge in [0.25, 0.3) is 0 Å². The highest BCUT2D eigenvalue weighted by molar-refractivity contribution is 5.82. The molecule has 23 heavy (non-hydrogen) atoms.